The molecule has 7 heteroatoms. The maximum Gasteiger partial charge on any atom is 0.230 e. The molecule has 144 valence electrons. The summed E-state index contributed by atoms with van der Waals surface area (Å²) in [5, 5.41) is 22.9. The third kappa shape index (κ3) is 3.96. The smallest absolute Gasteiger partial charge is 0.230 e. The highest BCUT2D eigenvalue weighted by molar-refractivity contribution is 5.87. The third-order valence-electron chi connectivity index (χ3n) is 4.37. The van der Waals surface area contributed by atoms with Crippen LogP contribution in [0.15, 0.2) is 66.9 Å². The number of hydrogen-bond acceptors (Lipinski definition) is 7. The van der Waals surface area contributed by atoms with Crippen LogP contribution >= 0.6 is 0 Å². The zero-order valence-electron chi connectivity index (χ0n) is 16.0. The van der Waals surface area contributed by atoms with E-state index in [4.69, 9.17) is 20.0 Å². The van der Waals surface area contributed by atoms with Gasteiger partial charge in [-0.1, -0.05) is 6.07 Å². The Morgan fingerprint density at radius 2 is 1.57 bits per heavy atom. The Morgan fingerprint density at radius 3 is 2.30 bits per heavy atom. The van der Waals surface area contributed by atoms with E-state index < -0.39 is 0 Å². The van der Waals surface area contributed by atoms with Crippen molar-refractivity contribution in [3.8, 4) is 29.5 Å². The first-order valence-corrected chi connectivity index (χ1v) is 8.98. The minimum Gasteiger partial charge on any atom is -0.493 e. The molecule has 0 spiro atoms. The Hall–Kier alpha value is -4.62. The fourth-order valence-electron chi connectivity index (χ4n) is 2.89. The molecule has 0 aliphatic heterocycles. The molecule has 0 aliphatic carbocycles. The minimum atomic E-state index is 0.340. The average Bonchev–Trinajstić information content (AvgIpc) is 2.79. The van der Waals surface area contributed by atoms with E-state index >= 15 is 0 Å². The third-order valence-corrected chi connectivity index (χ3v) is 4.37. The van der Waals surface area contributed by atoms with Gasteiger partial charge >= 0.3 is 0 Å². The summed E-state index contributed by atoms with van der Waals surface area (Å²) in [5.74, 6) is 1.72. The lowest BCUT2D eigenvalue weighted by molar-refractivity contribution is 0.375. The molecule has 0 fully saturated rings. The van der Waals surface area contributed by atoms with Gasteiger partial charge in [-0.05, 0) is 59.3 Å². The molecule has 4 aromatic rings. The molecule has 0 amide bonds. The van der Waals surface area contributed by atoms with Crippen molar-refractivity contribution in [2.24, 2.45) is 0 Å². The lowest BCUT2D eigenvalue weighted by atomic mass is 10.1. The normalized spacial score (nSPS) is 10.1. The standard InChI is InChI=1S/C23H15N5O2/c1-29-20-12-18-10-16(14-25)2-5-17(18)11-21(20)30-22-8-9-26-23(28-22)27-19-6-3-15(13-24)4-7-19/h2-12H,1H3,(H,26,27,28). The van der Waals surface area contributed by atoms with Crippen molar-refractivity contribution in [1.82, 2.24) is 9.97 Å². The number of methoxy groups -OCH3 is 1. The van der Waals surface area contributed by atoms with E-state index in [0.717, 1.165) is 16.5 Å². The molecular formula is C23H15N5O2. The van der Waals surface area contributed by atoms with Crippen LogP contribution in [0, 0.1) is 22.7 Å². The maximum absolute atomic E-state index is 9.09. The SMILES string of the molecule is COc1cc2cc(C#N)ccc2cc1Oc1ccnc(Nc2ccc(C#N)cc2)n1. The van der Waals surface area contributed by atoms with Gasteiger partial charge in [0, 0.05) is 18.0 Å². The molecule has 1 N–H and O–H groups in total. The second kappa shape index (κ2) is 8.17. The minimum absolute atomic E-state index is 0.340. The van der Waals surface area contributed by atoms with E-state index in [1.807, 2.05) is 18.2 Å². The van der Waals surface area contributed by atoms with Gasteiger partial charge in [0.05, 0.1) is 30.4 Å². The van der Waals surface area contributed by atoms with E-state index in [0.29, 0.717) is 34.5 Å². The van der Waals surface area contributed by atoms with Crippen LogP contribution in [0.3, 0.4) is 0 Å². The summed E-state index contributed by atoms with van der Waals surface area (Å²) < 4.78 is 11.4. The van der Waals surface area contributed by atoms with Crippen LogP contribution in [0.1, 0.15) is 11.1 Å². The number of rotatable bonds is 5. The molecule has 30 heavy (non-hydrogen) atoms. The van der Waals surface area contributed by atoms with Crippen LogP contribution in [0.25, 0.3) is 10.8 Å². The molecule has 3 aromatic carbocycles. The average molecular weight is 393 g/mol. The Labute approximate surface area is 172 Å². The van der Waals surface area contributed by atoms with Crippen LogP contribution in [0.4, 0.5) is 11.6 Å². The van der Waals surface area contributed by atoms with Gasteiger partial charge in [-0.3, -0.25) is 0 Å². The first kappa shape index (κ1) is 18.7. The number of nitriles is 2. The van der Waals surface area contributed by atoms with Crippen LogP contribution in [-0.2, 0) is 0 Å². The van der Waals surface area contributed by atoms with Crippen molar-refractivity contribution in [3.63, 3.8) is 0 Å². The second-order valence-electron chi connectivity index (χ2n) is 6.31. The Morgan fingerprint density at radius 1 is 0.833 bits per heavy atom. The monoisotopic (exact) mass is 393 g/mol. The van der Waals surface area contributed by atoms with Gasteiger partial charge in [0.1, 0.15) is 0 Å². The fourth-order valence-corrected chi connectivity index (χ4v) is 2.89. The molecule has 0 saturated heterocycles. The molecule has 0 bridgehead atoms. The number of nitrogens with one attached hydrogen (secondary N) is 1. The molecule has 0 aliphatic rings. The van der Waals surface area contributed by atoms with Crippen LogP contribution in [0.5, 0.6) is 17.4 Å². The van der Waals surface area contributed by atoms with Crippen molar-refractivity contribution in [1.29, 1.82) is 10.5 Å². The summed E-state index contributed by atoms with van der Waals surface area (Å²) in [7, 11) is 1.56. The lowest BCUT2D eigenvalue weighted by Crippen LogP contribution is -1.99. The van der Waals surface area contributed by atoms with Crippen molar-refractivity contribution < 1.29 is 9.47 Å². The number of benzene rings is 3. The van der Waals surface area contributed by atoms with Gasteiger partial charge < -0.3 is 14.8 Å². The molecule has 0 radical (unpaired) electrons. The van der Waals surface area contributed by atoms with Gasteiger partial charge in [-0.25, -0.2) is 4.98 Å². The molecule has 0 unspecified atom stereocenters. The van der Waals surface area contributed by atoms with Gasteiger partial charge in [0.25, 0.3) is 0 Å². The topological polar surface area (TPSA) is 104 Å². The van der Waals surface area contributed by atoms with Gasteiger partial charge in [-0.15, -0.1) is 0 Å². The molecule has 7 nitrogen and oxygen atoms in total. The maximum atomic E-state index is 9.09. The molecule has 0 atom stereocenters. The summed E-state index contributed by atoms with van der Waals surface area (Å²) in [6.07, 6.45) is 1.58. The Balaban J connectivity index is 1.60. The lowest BCUT2D eigenvalue weighted by Gasteiger charge is -2.12. The van der Waals surface area contributed by atoms with Gasteiger partial charge in [0.2, 0.25) is 11.8 Å². The fraction of sp³-hybridized carbons (Fsp3) is 0.0435. The number of ether oxygens (including phenoxy) is 2. The van der Waals surface area contributed by atoms with Crippen LogP contribution in [-0.4, -0.2) is 17.1 Å². The van der Waals surface area contributed by atoms with E-state index in [1.54, 1.807) is 55.8 Å². The summed E-state index contributed by atoms with van der Waals surface area (Å²) in [6, 6.07) is 21.9. The predicted molar refractivity (Wildman–Crippen MR) is 112 cm³/mol. The van der Waals surface area contributed by atoms with Crippen molar-refractivity contribution in [2.75, 3.05) is 12.4 Å². The highest BCUT2D eigenvalue weighted by Crippen LogP contribution is 2.35. The molecule has 0 saturated carbocycles. The molecule has 1 heterocycles. The van der Waals surface area contributed by atoms with E-state index in [-0.39, 0.29) is 0 Å². The van der Waals surface area contributed by atoms with E-state index in [2.05, 4.69) is 27.4 Å². The van der Waals surface area contributed by atoms with Gasteiger partial charge in [-0.2, -0.15) is 15.5 Å². The zero-order valence-corrected chi connectivity index (χ0v) is 16.0. The van der Waals surface area contributed by atoms with Crippen LogP contribution < -0.4 is 14.8 Å². The summed E-state index contributed by atoms with van der Waals surface area (Å²) in [4.78, 5) is 8.58. The summed E-state index contributed by atoms with van der Waals surface area (Å²) in [6.45, 7) is 0. The number of aromatic nitrogens is 2. The Bertz CT molecular complexity index is 1300. The number of anilines is 2. The molecular weight excluding hydrogens is 378 g/mol. The van der Waals surface area contributed by atoms with E-state index in [1.165, 1.54) is 0 Å². The largest absolute Gasteiger partial charge is 0.493 e. The molecule has 1 aromatic heterocycles. The Kier molecular flexibility index (Phi) is 5.10. The highest BCUT2D eigenvalue weighted by Gasteiger charge is 2.10. The van der Waals surface area contributed by atoms with Crippen LogP contribution in [0.2, 0.25) is 0 Å². The quantitative estimate of drug-likeness (QED) is 0.513. The summed E-state index contributed by atoms with van der Waals surface area (Å²) >= 11 is 0. The van der Waals surface area contributed by atoms with Crippen molar-refractivity contribution >= 4 is 22.4 Å². The first-order chi connectivity index (χ1) is 14.7. The molecule has 4 rings (SSSR count). The van der Waals surface area contributed by atoms with Gasteiger partial charge in [0.15, 0.2) is 11.5 Å². The van der Waals surface area contributed by atoms with Crippen molar-refractivity contribution in [3.05, 3.63) is 78.0 Å². The number of fused-ring (bicyclic) bond motifs is 1. The van der Waals surface area contributed by atoms with Crippen molar-refractivity contribution in [2.45, 2.75) is 0 Å². The number of nitrogens with zero attached hydrogens (tertiary/aromatic N) is 4. The zero-order chi connectivity index (χ0) is 20.9. The van der Waals surface area contributed by atoms with E-state index in [9.17, 15) is 0 Å². The summed E-state index contributed by atoms with van der Waals surface area (Å²) in [5.41, 5.74) is 1.90. The second-order valence-corrected chi connectivity index (χ2v) is 6.31. The number of hydrogen-bond donors (Lipinski definition) is 1. The highest BCUT2D eigenvalue weighted by atomic mass is 16.5. The predicted octanol–water partition coefficient (Wildman–Crippen LogP) is 4.92. The first-order valence-electron chi connectivity index (χ1n) is 8.98.